The third-order valence-corrected chi connectivity index (χ3v) is 5.25. The van der Waals surface area contributed by atoms with Crippen LogP contribution >= 0.6 is 0 Å². The van der Waals surface area contributed by atoms with E-state index >= 15 is 0 Å². The Hall–Kier alpha value is 0.137. The van der Waals surface area contributed by atoms with Gasteiger partial charge >= 0.3 is 0 Å². The second kappa shape index (κ2) is 6.59. The maximum atomic E-state index is 2.77. The maximum absolute atomic E-state index is 2.77. The van der Waals surface area contributed by atoms with E-state index in [9.17, 15) is 0 Å². The fourth-order valence-electron chi connectivity index (χ4n) is 2.32. The Bertz CT molecular complexity index is 140. The first kappa shape index (κ1) is 12.2. The van der Waals surface area contributed by atoms with Crippen LogP contribution in [0.4, 0.5) is 0 Å². The molecule has 1 aliphatic heterocycles. The highest BCUT2D eigenvalue weighted by molar-refractivity contribution is 6.32. The molecule has 0 unspecified atom stereocenters. The first-order valence-corrected chi connectivity index (χ1v) is 7.58. The van der Waals surface area contributed by atoms with Gasteiger partial charge in [0.15, 0.2) is 9.84 Å². The molecule has 1 rings (SSSR count). The third kappa shape index (κ3) is 3.07. The molecule has 0 saturated carbocycles. The summed E-state index contributed by atoms with van der Waals surface area (Å²) in [5.74, 6) is 0. The molecule has 2 nitrogen and oxygen atoms in total. The van der Waals surface area contributed by atoms with Gasteiger partial charge in [0.2, 0.25) is 0 Å². The lowest BCUT2D eigenvalue weighted by Gasteiger charge is -2.51. The zero-order valence-electron chi connectivity index (χ0n) is 10.1. The topological polar surface area (TPSA) is 6.48 Å². The van der Waals surface area contributed by atoms with Crippen LogP contribution in [0.2, 0.25) is 0 Å². The minimum atomic E-state index is 0.00219. The normalized spacial score (nSPS) is 25.5. The molecule has 1 saturated heterocycles. The molecule has 0 N–H and O–H groups in total. The van der Waals surface area contributed by atoms with Crippen molar-refractivity contribution in [2.24, 2.45) is 0 Å². The van der Waals surface area contributed by atoms with Crippen LogP contribution in [-0.4, -0.2) is 38.2 Å². The molecule has 1 fully saturated rings. The van der Waals surface area contributed by atoms with Crippen LogP contribution in [0.15, 0.2) is 0 Å². The Kier molecular flexibility index (Phi) is 5.75. The highest BCUT2D eigenvalue weighted by Gasteiger charge is 2.34. The summed E-state index contributed by atoms with van der Waals surface area (Å²) in [6.07, 6.45) is 7.65. The van der Waals surface area contributed by atoms with Gasteiger partial charge in [0.25, 0.3) is 0 Å². The molecular formula is C11H26N2Si. The first-order valence-electron chi connectivity index (χ1n) is 6.31. The van der Waals surface area contributed by atoms with Crippen LogP contribution in [-0.2, 0) is 0 Å². The summed E-state index contributed by atoms with van der Waals surface area (Å²) in [6.45, 7) is 9.59. The van der Waals surface area contributed by atoms with E-state index in [2.05, 4.69) is 29.9 Å². The summed E-state index contributed by atoms with van der Waals surface area (Å²) >= 11 is 0. The Balaban J connectivity index is 2.27. The smallest absolute Gasteiger partial charge is 0.175 e. The summed E-state index contributed by atoms with van der Waals surface area (Å²) in [5.41, 5.74) is 0. The highest BCUT2D eigenvalue weighted by atomic mass is 28.2. The predicted octanol–water partition coefficient (Wildman–Crippen LogP) is 1.94. The Labute approximate surface area is 91.6 Å². The van der Waals surface area contributed by atoms with Crippen molar-refractivity contribution in [1.29, 1.82) is 0 Å². The second-order valence-electron chi connectivity index (χ2n) is 4.39. The van der Waals surface area contributed by atoms with Gasteiger partial charge in [-0.2, -0.15) is 0 Å². The average molecular weight is 214 g/mol. The van der Waals surface area contributed by atoms with Gasteiger partial charge in [0.1, 0.15) is 0 Å². The lowest BCUT2D eigenvalue weighted by atomic mass is 10.2. The van der Waals surface area contributed by atoms with Crippen molar-refractivity contribution in [2.75, 3.05) is 13.1 Å². The van der Waals surface area contributed by atoms with Gasteiger partial charge in [-0.15, -0.1) is 0 Å². The highest BCUT2D eigenvalue weighted by Crippen LogP contribution is 2.21. The van der Waals surface area contributed by atoms with Crippen LogP contribution in [0.1, 0.15) is 52.9 Å². The molecule has 0 spiro atoms. The number of hydrogen-bond acceptors (Lipinski definition) is 2. The van der Waals surface area contributed by atoms with Gasteiger partial charge in [-0.1, -0.05) is 33.6 Å². The number of nitrogens with zero attached hydrogens (tertiary/aromatic N) is 2. The van der Waals surface area contributed by atoms with Crippen molar-refractivity contribution in [3.05, 3.63) is 0 Å². The van der Waals surface area contributed by atoms with E-state index in [1.807, 2.05) is 0 Å². The molecule has 0 radical (unpaired) electrons. The SMILES string of the molecule is CCCCC1N(CCC)[SiH2]N1CCC. The number of hydrogen-bond donors (Lipinski definition) is 0. The zero-order chi connectivity index (χ0) is 10.4. The van der Waals surface area contributed by atoms with Gasteiger partial charge in [0.05, 0.1) is 6.17 Å². The fourth-order valence-corrected chi connectivity index (χ4v) is 4.60. The van der Waals surface area contributed by atoms with Gasteiger partial charge in [0, 0.05) is 0 Å². The van der Waals surface area contributed by atoms with Crippen molar-refractivity contribution in [3.63, 3.8) is 0 Å². The van der Waals surface area contributed by atoms with E-state index in [0.29, 0.717) is 0 Å². The maximum Gasteiger partial charge on any atom is 0.175 e. The van der Waals surface area contributed by atoms with E-state index in [4.69, 9.17) is 0 Å². The Morgan fingerprint density at radius 2 is 1.50 bits per heavy atom. The van der Waals surface area contributed by atoms with Crippen LogP contribution in [0.25, 0.3) is 0 Å². The molecule has 1 heterocycles. The third-order valence-electron chi connectivity index (χ3n) is 3.04. The minimum absolute atomic E-state index is 0.00219. The molecule has 14 heavy (non-hydrogen) atoms. The zero-order valence-corrected chi connectivity index (χ0v) is 11.5. The van der Waals surface area contributed by atoms with Crippen LogP contribution < -0.4 is 0 Å². The predicted molar refractivity (Wildman–Crippen MR) is 65.9 cm³/mol. The second-order valence-corrected chi connectivity index (χ2v) is 6.30. The lowest BCUT2D eigenvalue weighted by Crippen LogP contribution is -2.66. The largest absolute Gasteiger partial charge is 0.302 e. The van der Waals surface area contributed by atoms with E-state index < -0.39 is 0 Å². The van der Waals surface area contributed by atoms with Gasteiger partial charge in [-0.05, 0) is 32.4 Å². The quantitative estimate of drug-likeness (QED) is 0.598. The average Bonchev–Trinajstić information content (AvgIpc) is 2.17. The Morgan fingerprint density at radius 3 is 1.93 bits per heavy atom. The first-order chi connectivity index (χ1) is 6.83. The van der Waals surface area contributed by atoms with Gasteiger partial charge in [-0.25, -0.2) is 0 Å². The number of rotatable bonds is 7. The van der Waals surface area contributed by atoms with Gasteiger partial charge in [-0.3, -0.25) is 0 Å². The molecule has 0 aliphatic carbocycles. The lowest BCUT2D eigenvalue weighted by molar-refractivity contribution is 0.0844. The molecule has 0 aromatic rings. The summed E-state index contributed by atoms with van der Waals surface area (Å²) in [5, 5.41) is 0. The van der Waals surface area contributed by atoms with E-state index in [0.717, 1.165) is 6.17 Å². The monoisotopic (exact) mass is 214 g/mol. The summed E-state index contributed by atoms with van der Waals surface area (Å²) in [7, 11) is 0.00219. The number of unbranched alkanes of at least 4 members (excludes halogenated alkanes) is 1. The molecule has 0 bridgehead atoms. The van der Waals surface area contributed by atoms with Crippen LogP contribution in [0.3, 0.4) is 0 Å². The molecule has 0 amide bonds. The molecule has 0 aromatic heterocycles. The van der Waals surface area contributed by atoms with E-state index in [1.165, 1.54) is 45.2 Å². The van der Waals surface area contributed by atoms with E-state index in [-0.39, 0.29) is 9.84 Å². The van der Waals surface area contributed by atoms with E-state index in [1.54, 1.807) is 0 Å². The van der Waals surface area contributed by atoms with Crippen molar-refractivity contribution < 1.29 is 0 Å². The van der Waals surface area contributed by atoms with Gasteiger partial charge < -0.3 is 9.13 Å². The van der Waals surface area contributed by atoms with Crippen molar-refractivity contribution in [1.82, 2.24) is 9.13 Å². The minimum Gasteiger partial charge on any atom is -0.302 e. The molecule has 1 aliphatic rings. The molecular weight excluding hydrogens is 188 g/mol. The van der Waals surface area contributed by atoms with Crippen LogP contribution in [0.5, 0.6) is 0 Å². The fraction of sp³-hybridized carbons (Fsp3) is 1.00. The van der Waals surface area contributed by atoms with Crippen molar-refractivity contribution >= 4 is 9.84 Å². The molecule has 0 aromatic carbocycles. The summed E-state index contributed by atoms with van der Waals surface area (Å²) in [6, 6.07) is 0. The van der Waals surface area contributed by atoms with Crippen molar-refractivity contribution in [3.8, 4) is 0 Å². The molecule has 84 valence electrons. The Morgan fingerprint density at radius 1 is 0.929 bits per heavy atom. The standard InChI is InChI=1S/C11H26N2Si/c1-4-7-8-11-12(9-5-2)14-13(11)10-6-3/h11H,4-10,14H2,1-3H3. The summed E-state index contributed by atoms with van der Waals surface area (Å²) < 4.78 is 5.54. The molecule has 3 heteroatoms. The summed E-state index contributed by atoms with van der Waals surface area (Å²) in [4.78, 5) is 0. The van der Waals surface area contributed by atoms with Crippen molar-refractivity contribution in [2.45, 2.75) is 59.0 Å². The molecule has 0 atom stereocenters. The van der Waals surface area contributed by atoms with Crippen LogP contribution in [0, 0.1) is 0 Å².